The van der Waals surface area contributed by atoms with Crippen LogP contribution in [-0.2, 0) is 0 Å². The second-order valence-electron chi connectivity index (χ2n) is 4.34. The van der Waals surface area contributed by atoms with Crippen LogP contribution in [0.2, 0.25) is 5.02 Å². The molecule has 0 aliphatic heterocycles. The van der Waals surface area contributed by atoms with Crippen LogP contribution in [0.5, 0.6) is 0 Å². The van der Waals surface area contributed by atoms with Gasteiger partial charge in [-0.15, -0.1) is 0 Å². The highest BCUT2D eigenvalue weighted by Crippen LogP contribution is 2.24. The SMILES string of the molecule is O=C(NNC(=O)c1ccc(Cl)c([N+](=O)[O-])c1)c1cccc(Br)c1. The lowest BCUT2D eigenvalue weighted by Gasteiger charge is -2.08. The molecule has 2 amide bonds. The number of benzene rings is 2. The molecule has 2 N–H and O–H groups in total. The van der Waals surface area contributed by atoms with Gasteiger partial charge in [-0.25, -0.2) is 0 Å². The Morgan fingerprint density at radius 3 is 2.22 bits per heavy atom. The molecule has 0 saturated heterocycles. The molecule has 2 rings (SSSR count). The molecule has 0 spiro atoms. The van der Waals surface area contributed by atoms with Gasteiger partial charge in [0.2, 0.25) is 0 Å². The average molecular weight is 399 g/mol. The van der Waals surface area contributed by atoms with E-state index in [1.807, 2.05) is 0 Å². The molecule has 118 valence electrons. The van der Waals surface area contributed by atoms with Gasteiger partial charge in [0.05, 0.1) is 4.92 Å². The fraction of sp³-hybridized carbons (Fsp3) is 0. The van der Waals surface area contributed by atoms with Gasteiger partial charge in [0.15, 0.2) is 0 Å². The second kappa shape index (κ2) is 7.21. The number of amides is 2. The van der Waals surface area contributed by atoms with Crippen molar-refractivity contribution in [1.82, 2.24) is 10.9 Å². The Bertz CT molecular complexity index is 797. The van der Waals surface area contributed by atoms with E-state index in [-0.39, 0.29) is 10.6 Å². The molecule has 23 heavy (non-hydrogen) atoms. The van der Waals surface area contributed by atoms with E-state index in [2.05, 4.69) is 26.8 Å². The smallest absolute Gasteiger partial charge is 0.267 e. The van der Waals surface area contributed by atoms with Crippen LogP contribution in [0.3, 0.4) is 0 Å². The summed E-state index contributed by atoms with van der Waals surface area (Å²) < 4.78 is 0.713. The zero-order chi connectivity index (χ0) is 17.0. The highest BCUT2D eigenvalue weighted by Gasteiger charge is 2.16. The number of carbonyl (C=O) groups is 2. The molecule has 0 unspecified atom stereocenters. The number of nitro groups is 1. The molecule has 0 saturated carbocycles. The van der Waals surface area contributed by atoms with E-state index in [4.69, 9.17) is 11.6 Å². The van der Waals surface area contributed by atoms with Crippen LogP contribution in [0, 0.1) is 10.1 Å². The third-order valence-electron chi connectivity index (χ3n) is 2.78. The van der Waals surface area contributed by atoms with Gasteiger partial charge in [0.25, 0.3) is 17.5 Å². The summed E-state index contributed by atoms with van der Waals surface area (Å²) in [7, 11) is 0. The summed E-state index contributed by atoms with van der Waals surface area (Å²) >= 11 is 8.90. The van der Waals surface area contributed by atoms with Gasteiger partial charge in [-0.05, 0) is 30.3 Å². The molecule has 0 heterocycles. The van der Waals surface area contributed by atoms with Crippen molar-refractivity contribution in [2.24, 2.45) is 0 Å². The lowest BCUT2D eigenvalue weighted by atomic mass is 10.2. The summed E-state index contributed by atoms with van der Waals surface area (Å²) in [6.45, 7) is 0. The van der Waals surface area contributed by atoms with E-state index in [9.17, 15) is 19.7 Å². The maximum atomic E-state index is 11.9. The highest BCUT2D eigenvalue weighted by molar-refractivity contribution is 9.10. The molecule has 2 aromatic rings. The van der Waals surface area contributed by atoms with E-state index in [0.717, 1.165) is 6.07 Å². The number of rotatable bonds is 3. The van der Waals surface area contributed by atoms with Gasteiger partial charge in [-0.3, -0.25) is 30.6 Å². The van der Waals surface area contributed by atoms with Gasteiger partial charge < -0.3 is 0 Å². The van der Waals surface area contributed by atoms with Crippen LogP contribution >= 0.6 is 27.5 Å². The fourth-order valence-corrected chi connectivity index (χ4v) is 2.27. The maximum absolute atomic E-state index is 11.9. The Kier molecular flexibility index (Phi) is 5.30. The lowest BCUT2D eigenvalue weighted by Crippen LogP contribution is -2.41. The molecular weight excluding hydrogens is 390 g/mol. The lowest BCUT2D eigenvalue weighted by molar-refractivity contribution is -0.384. The standard InChI is InChI=1S/C14H9BrClN3O4/c15-10-3-1-2-8(6-10)13(20)17-18-14(21)9-4-5-11(16)12(7-9)19(22)23/h1-7H,(H,17,20)(H,18,21). The van der Waals surface area contributed by atoms with Crippen LogP contribution in [0.15, 0.2) is 46.9 Å². The quantitative estimate of drug-likeness (QED) is 0.613. The number of nitro benzene ring substituents is 1. The Labute approximate surface area is 143 Å². The van der Waals surface area contributed by atoms with E-state index >= 15 is 0 Å². The van der Waals surface area contributed by atoms with Crippen LogP contribution in [0.1, 0.15) is 20.7 Å². The van der Waals surface area contributed by atoms with Crippen LogP contribution in [0.4, 0.5) is 5.69 Å². The third kappa shape index (κ3) is 4.27. The molecule has 9 heteroatoms. The van der Waals surface area contributed by atoms with Crippen molar-refractivity contribution in [1.29, 1.82) is 0 Å². The number of nitrogens with zero attached hydrogens (tertiary/aromatic N) is 1. The molecule has 0 atom stereocenters. The van der Waals surface area contributed by atoms with E-state index in [1.165, 1.54) is 12.1 Å². The number of nitrogens with one attached hydrogen (secondary N) is 2. The van der Waals surface area contributed by atoms with Crippen LogP contribution < -0.4 is 10.9 Å². The molecule has 0 aromatic heterocycles. The summed E-state index contributed by atoms with van der Waals surface area (Å²) in [4.78, 5) is 33.9. The summed E-state index contributed by atoms with van der Waals surface area (Å²) in [6.07, 6.45) is 0. The van der Waals surface area contributed by atoms with E-state index in [0.29, 0.717) is 10.0 Å². The monoisotopic (exact) mass is 397 g/mol. The highest BCUT2D eigenvalue weighted by atomic mass is 79.9. The van der Waals surface area contributed by atoms with Crippen molar-refractivity contribution in [3.63, 3.8) is 0 Å². The molecule has 0 radical (unpaired) electrons. The summed E-state index contributed by atoms with van der Waals surface area (Å²) in [5.74, 6) is -1.23. The van der Waals surface area contributed by atoms with Gasteiger partial charge in [0.1, 0.15) is 5.02 Å². The minimum atomic E-state index is -0.701. The first-order valence-corrected chi connectivity index (χ1v) is 7.36. The Hall–Kier alpha value is -2.45. The summed E-state index contributed by atoms with van der Waals surface area (Å²) in [6, 6.07) is 10.2. The first kappa shape index (κ1) is 16.9. The van der Waals surface area contributed by atoms with Crippen molar-refractivity contribution in [2.75, 3.05) is 0 Å². The maximum Gasteiger partial charge on any atom is 0.288 e. The fourth-order valence-electron chi connectivity index (χ4n) is 1.68. The molecule has 0 aliphatic rings. The first-order chi connectivity index (χ1) is 10.9. The molecule has 0 bridgehead atoms. The minimum Gasteiger partial charge on any atom is -0.267 e. The predicted molar refractivity (Wildman–Crippen MR) is 87.2 cm³/mol. The summed E-state index contributed by atoms with van der Waals surface area (Å²) in [5.41, 5.74) is 4.35. The summed E-state index contributed by atoms with van der Waals surface area (Å²) in [5, 5.41) is 10.7. The van der Waals surface area contributed by atoms with Crippen molar-refractivity contribution in [2.45, 2.75) is 0 Å². The Morgan fingerprint density at radius 2 is 1.65 bits per heavy atom. The van der Waals surface area contributed by atoms with Gasteiger partial charge in [0, 0.05) is 21.7 Å². The predicted octanol–water partition coefficient (Wildman–Crippen LogP) is 3.09. The van der Waals surface area contributed by atoms with Crippen molar-refractivity contribution >= 4 is 45.0 Å². The molecular formula is C14H9BrClN3O4. The largest absolute Gasteiger partial charge is 0.288 e. The number of hydrogen-bond donors (Lipinski definition) is 2. The normalized spacial score (nSPS) is 10.0. The number of halogens is 2. The Balaban J connectivity index is 2.06. The molecule has 2 aromatic carbocycles. The third-order valence-corrected chi connectivity index (χ3v) is 3.59. The van der Waals surface area contributed by atoms with Gasteiger partial charge in [-0.1, -0.05) is 33.6 Å². The second-order valence-corrected chi connectivity index (χ2v) is 5.66. The minimum absolute atomic E-state index is 0.00403. The number of carbonyl (C=O) groups excluding carboxylic acids is 2. The van der Waals surface area contributed by atoms with Crippen LogP contribution in [0.25, 0.3) is 0 Å². The molecule has 0 aliphatic carbocycles. The van der Waals surface area contributed by atoms with Crippen LogP contribution in [-0.4, -0.2) is 16.7 Å². The van der Waals surface area contributed by atoms with E-state index < -0.39 is 22.4 Å². The van der Waals surface area contributed by atoms with E-state index in [1.54, 1.807) is 24.3 Å². The topological polar surface area (TPSA) is 101 Å². The Morgan fingerprint density at radius 1 is 1.04 bits per heavy atom. The molecule has 0 fully saturated rings. The van der Waals surface area contributed by atoms with Crippen molar-refractivity contribution in [3.05, 3.63) is 73.2 Å². The average Bonchev–Trinajstić information content (AvgIpc) is 2.52. The number of hydrazine groups is 1. The van der Waals surface area contributed by atoms with Crippen molar-refractivity contribution in [3.8, 4) is 0 Å². The zero-order valence-corrected chi connectivity index (χ0v) is 13.7. The van der Waals surface area contributed by atoms with Crippen molar-refractivity contribution < 1.29 is 14.5 Å². The zero-order valence-electron chi connectivity index (χ0n) is 11.4. The molecule has 7 nitrogen and oxygen atoms in total. The van der Waals surface area contributed by atoms with Gasteiger partial charge in [-0.2, -0.15) is 0 Å². The first-order valence-electron chi connectivity index (χ1n) is 6.18. The van der Waals surface area contributed by atoms with Gasteiger partial charge >= 0.3 is 0 Å². The number of hydrogen-bond acceptors (Lipinski definition) is 4.